The summed E-state index contributed by atoms with van der Waals surface area (Å²) >= 11 is 13.8. The molecule has 0 radical (unpaired) electrons. The van der Waals surface area contributed by atoms with Crippen molar-refractivity contribution in [3.63, 3.8) is 0 Å². The number of aromatic nitrogens is 3. The monoisotopic (exact) mass is 562 g/mol. The Morgan fingerprint density at radius 3 is 2.65 bits per heavy atom. The molecular weight excluding hydrogens is 535 g/mol. The number of methoxy groups -OCH3 is 1. The lowest BCUT2D eigenvalue weighted by atomic mass is 9.95. The van der Waals surface area contributed by atoms with Gasteiger partial charge in [0.25, 0.3) is 0 Å². The molecule has 1 unspecified atom stereocenters. The van der Waals surface area contributed by atoms with Crippen LogP contribution < -0.4 is 14.8 Å². The number of fused-ring (bicyclic) bond motifs is 1. The summed E-state index contributed by atoms with van der Waals surface area (Å²) in [4.78, 5) is 17.8. The Morgan fingerprint density at radius 2 is 1.97 bits per heavy atom. The van der Waals surface area contributed by atoms with E-state index in [-0.39, 0.29) is 12.7 Å². The van der Waals surface area contributed by atoms with Crippen molar-refractivity contribution in [1.29, 1.82) is 0 Å². The molecule has 0 spiro atoms. The van der Waals surface area contributed by atoms with Gasteiger partial charge in [0.05, 0.1) is 18.8 Å². The van der Waals surface area contributed by atoms with Gasteiger partial charge in [-0.1, -0.05) is 54.0 Å². The average molecular weight is 564 g/mol. The lowest BCUT2D eigenvalue weighted by Gasteiger charge is -2.29. The fourth-order valence-electron chi connectivity index (χ4n) is 3.94. The second kappa shape index (κ2) is 11.7. The number of nitrogens with zero attached hydrogens (tertiary/aromatic N) is 3. The molecule has 2 heterocycles. The Balaban J connectivity index is 1.72. The number of hydrogen-bond donors (Lipinski definition) is 1. The molecule has 11 heteroatoms. The minimum absolute atomic E-state index is 0.231. The summed E-state index contributed by atoms with van der Waals surface area (Å²) in [5.74, 6) is 1.98. The van der Waals surface area contributed by atoms with Crippen LogP contribution in [0.15, 0.2) is 52.8 Å². The molecular formula is C26H28Cl2N4O4S. The van der Waals surface area contributed by atoms with Gasteiger partial charge in [-0.25, -0.2) is 9.48 Å². The number of ether oxygens (including phenoxy) is 3. The fraction of sp³-hybridized carbons (Fsp3) is 0.346. The second-order valence-corrected chi connectivity index (χ2v) is 10.6. The van der Waals surface area contributed by atoms with E-state index in [1.165, 1.54) is 11.8 Å². The summed E-state index contributed by atoms with van der Waals surface area (Å²) in [5, 5.41) is 9.58. The van der Waals surface area contributed by atoms with E-state index in [2.05, 4.69) is 15.4 Å². The van der Waals surface area contributed by atoms with Crippen molar-refractivity contribution in [2.24, 2.45) is 0 Å². The number of allylic oxidation sites excluding steroid dienone is 1. The summed E-state index contributed by atoms with van der Waals surface area (Å²) in [5.41, 5.74) is 2.66. The lowest BCUT2D eigenvalue weighted by Crippen LogP contribution is -2.30. The molecule has 2 aromatic carbocycles. The van der Waals surface area contributed by atoms with Gasteiger partial charge in [0.15, 0.2) is 11.5 Å². The van der Waals surface area contributed by atoms with Crippen molar-refractivity contribution in [2.75, 3.05) is 18.2 Å². The maximum atomic E-state index is 13.2. The van der Waals surface area contributed by atoms with Gasteiger partial charge in [-0.2, -0.15) is 4.98 Å². The zero-order chi connectivity index (χ0) is 26.7. The highest BCUT2D eigenvalue weighted by Crippen LogP contribution is 2.40. The molecule has 1 aliphatic heterocycles. The van der Waals surface area contributed by atoms with Crippen molar-refractivity contribution in [3.05, 3.63) is 68.8 Å². The maximum Gasteiger partial charge on any atom is 0.338 e. The zero-order valence-corrected chi connectivity index (χ0v) is 23.5. The standard InChI is InChI=1S/C26H28Cl2N4O4S/c1-6-37-26-30-25-29-15(4)22(24(33)36-14(2)3)23(32(25)31-26)16-8-10-20(21(11-16)34-5)35-13-17-7-9-18(27)12-19(17)28/h7-12,14,23H,6,13H2,1-5H3,(H,29,30,31). The summed E-state index contributed by atoms with van der Waals surface area (Å²) in [7, 11) is 1.57. The number of esters is 1. The number of carbonyl (C=O) groups excluding carboxylic acids is 1. The lowest BCUT2D eigenvalue weighted by molar-refractivity contribution is -0.143. The predicted octanol–water partition coefficient (Wildman–Crippen LogP) is 6.53. The number of rotatable bonds is 9. The smallest absolute Gasteiger partial charge is 0.338 e. The molecule has 0 saturated heterocycles. The van der Waals surface area contributed by atoms with Crippen LogP contribution in [0.2, 0.25) is 10.0 Å². The van der Waals surface area contributed by atoms with Crippen LogP contribution in [0.4, 0.5) is 5.95 Å². The van der Waals surface area contributed by atoms with E-state index in [4.69, 9.17) is 37.4 Å². The predicted molar refractivity (Wildman–Crippen MR) is 146 cm³/mol. The van der Waals surface area contributed by atoms with Gasteiger partial charge >= 0.3 is 5.97 Å². The van der Waals surface area contributed by atoms with Gasteiger partial charge in [-0.05, 0) is 56.4 Å². The van der Waals surface area contributed by atoms with Crippen LogP contribution in [0, 0.1) is 0 Å². The van der Waals surface area contributed by atoms with Crippen LogP contribution in [0.5, 0.6) is 11.5 Å². The van der Waals surface area contributed by atoms with Gasteiger partial charge in [-0.3, -0.25) is 0 Å². The van der Waals surface area contributed by atoms with E-state index in [1.54, 1.807) is 30.0 Å². The highest BCUT2D eigenvalue weighted by Gasteiger charge is 2.36. The molecule has 0 amide bonds. The second-order valence-electron chi connectivity index (χ2n) is 8.55. The number of nitrogens with one attached hydrogen (secondary N) is 1. The largest absolute Gasteiger partial charge is 0.493 e. The molecule has 3 aromatic rings. The van der Waals surface area contributed by atoms with Crippen LogP contribution in [0.25, 0.3) is 0 Å². The van der Waals surface area contributed by atoms with E-state index in [1.807, 2.05) is 45.9 Å². The molecule has 0 bridgehead atoms. The molecule has 1 aromatic heterocycles. The topological polar surface area (TPSA) is 87.5 Å². The van der Waals surface area contributed by atoms with Crippen molar-refractivity contribution in [3.8, 4) is 11.5 Å². The third-order valence-corrected chi connectivity index (χ3v) is 6.88. The fourth-order valence-corrected chi connectivity index (χ4v) is 4.96. The first kappa shape index (κ1) is 27.2. The van der Waals surface area contributed by atoms with Gasteiger partial charge in [0.1, 0.15) is 12.6 Å². The van der Waals surface area contributed by atoms with E-state index >= 15 is 0 Å². The maximum absolute atomic E-state index is 13.2. The van der Waals surface area contributed by atoms with Crippen LogP contribution in [0.1, 0.15) is 44.9 Å². The SMILES string of the molecule is CCSc1nc2n(n1)C(c1ccc(OCc3ccc(Cl)cc3Cl)c(OC)c1)C(C(=O)OC(C)C)=C(C)N2. The molecule has 1 atom stereocenters. The number of benzene rings is 2. The first-order valence-corrected chi connectivity index (χ1v) is 13.5. The minimum atomic E-state index is -0.574. The quantitative estimate of drug-likeness (QED) is 0.233. The Kier molecular flexibility index (Phi) is 8.56. The van der Waals surface area contributed by atoms with E-state index in [0.29, 0.717) is 43.9 Å². The molecule has 0 saturated carbocycles. The van der Waals surface area contributed by atoms with E-state index in [9.17, 15) is 4.79 Å². The Bertz CT molecular complexity index is 1340. The summed E-state index contributed by atoms with van der Waals surface area (Å²) in [6.07, 6.45) is -0.276. The Morgan fingerprint density at radius 1 is 1.19 bits per heavy atom. The number of carbonyl (C=O) groups is 1. The van der Waals surface area contributed by atoms with Crippen LogP contribution in [0.3, 0.4) is 0 Å². The van der Waals surface area contributed by atoms with Crippen LogP contribution in [-0.4, -0.2) is 39.7 Å². The van der Waals surface area contributed by atoms with Crippen molar-refractivity contribution in [1.82, 2.24) is 14.8 Å². The van der Waals surface area contributed by atoms with Crippen molar-refractivity contribution in [2.45, 2.75) is 51.6 Å². The van der Waals surface area contributed by atoms with Gasteiger partial charge < -0.3 is 19.5 Å². The summed E-state index contributed by atoms with van der Waals surface area (Å²) in [6, 6.07) is 10.2. The Labute approximate surface area is 230 Å². The van der Waals surface area contributed by atoms with Gasteiger partial charge in [0.2, 0.25) is 11.1 Å². The van der Waals surface area contributed by atoms with Crippen LogP contribution in [-0.2, 0) is 16.1 Å². The van der Waals surface area contributed by atoms with Gasteiger partial charge in [0, 0.05) is 21.3 Å². The molecule has 4 rings (SSSR count). The molecule has 37 heavy (non-hydrogen) atoms. The molecule has 0 fully saturated rings. The summed E-state index contributed by atoms with van der Waals surface area (Å²) < 4.78 is 19.0. The van der Waals surface area contributed by atoms with Gasteiger partial charge in [-0.15, -0.1) is 5.10 Å². The first-order valence-electron chi connectivity index (χ1n) is 11.7. The highest BCUT2D eigenvalue weighted by molar-refractivity contribution is 7.99. The molecule has 0 aliphatic carbocycles. The summed E-state index contributed by atoms with van der Waals surface area (Å²) in [6.45, 7) is 7.73. The molecule has 1 aliphatic rings. The molecule has 196 valence electrons. The third kappa shape index (κ3) is 6.00. The molecule has 1 N–H and O–H groups in total. The zero-order valence-electron chi connectivity index (χ0n) is 21.2. The van der Waals surface area contributed by atoms with Crippen molar-refractivity contribution >= 4 is 46.9 Å². The normalized spacial score (nSPS) is 14.9. The average Bonchev–Trinajstić information content (AvgIpc) is 3.24. The first-order chi connectivity index (χ1) is 17.7. The van der Waals surface area contributed by atoms with E-state index < -0.39 is 12.0 Å². The minimum Gasteiger partial charge on any atom is -0.493 e. The van der Waals surface area contributed by atoms with E-state index in [0.717, 1.165) is 16.9 Å². The number of anilines is 1. The van der Waals surface area contributed by atoms with Crippen LogP contribution >= 0.6 is 35.0 Å². The highest BCUT2D eigenvalue weighted by atomic mass is 35.5. The number of halogens is 2. The molecule has 8 nitrogen and oxygen atoms in total. The Hall–Kier alpha value is -2.88. The third-order valence-electron chi connectivity index (χ3n) is 5.57. The van der Waals surface area contributed by atoms with Crippen molar-refractivity contribution < 1.29 is 19.0 Å². The number of thioether (sulfide) groups is 1. The number of hydrogen-bond acceptors (Lipinski definition) is 8.